The molecule has 0 atom stereocenters. The minimum atomic E-state index is 1.11. The minimum Gasteiger partial charge on any atom is -0.103 e. The molecule has 76 valence electrons. The van der Waals surface area contributed by atoms with Crippen molar-refractivity contribution in [2.24, 2.45) is 0 Å². The van der Waals surface area contributed by atoms with Gasteiger partial charge in [-0.2, -0.15) is 0 Å². The van der Waals surface area contributed by atoms with E-state index in [0.717, 1.165) is 12.8 Å². The van der Waals surface area contributed by atoms with Gasteiger partial charge in [0.25, 0.3) is 0 Å². The summed E-state index contributed by atoms with van der Waals surface area (Å²) in [5.74, 6) is 6.49. The highest BCUT2D eigenvalue weighted by atomic mass is 127. The maximum atomic E-state index is 3.25. The molecule has 0 aliphatic carbocycles. The SMILES string of the molecule is CCCCCCC#CCCCCI. The number of hydrogen-bond donors (Lipinski definition) is 0. The van der Waals surface area contributed by atoms with Crippen LogP contribution in [0.5, 0.6) is 0 Å². The zero-order valence-electron chi connectivity index (χ0n) is 8.74. The van der Waals surface area contributed by atoms with Crippen LogP contribution >= 0.6 is 22.6 Å². The lowest BCUT2D eigenvalue weighted by Gasteiger charge is -1.92. The van der Waals surface area contributed by atoms with Crippen LogP contribution in [0.3, 0.4) is 0 Å². The normalized spacial score (nSPS) is 9.38. The maximum absolute atomic E-state index is 3.25. The molecule has 1 heteroatoms. The van der Waals surface area contributed by atoms with Crippen molar-refractivity contribution in [1.29, 1.82) is 0 Å². The molecular weight excluding hydrogens is 271 g/mol. The van der Waals surface area contributed by atoms with Crippen LogP contribution in [0.15, 0.2) is 0 Å². The van der Waals surface area contributed by atoms with E-state index in [1.54, 1.807) is 0 Å². The Morgan fingerprint density at radius 3 is 2.00 bits per heavy atom. The van der Waals surface area contributed by atoms with Crippen LogP contribution in [-0.2, 0) is 0 Å². The number of halogens is 1. The molecule has 0 aromatic rings. The third-order valence-corrected chi connectivity index (χ3v) is 2.73. The van der Waals surface area contributed by atoms with Crippen molar-refractivity contribution in [3.8, 4) is 11.8 Å². The summed E-state index contributed by atoms with van der Waals surface area (Å²) < 4.78 is 1.27. The minimum absolute atomic E-state index is 1.11. The molecule has 0 saturated heterocycles. The predicted octanol–water partition coefficient (Wildman–Crippen LogP) is 4.57. The average molecular weight is 292 g/mol. The van der Waals surface area contributed by atoms with E-state index in [9.17, 15) is 0 Å². The molecule has 0 aromatic carbocycles. The summed E-state index contributed by atoms with van der Waals surface area (Å²) in [6, 6.07) is 0. The molecule has 0 spiro atoms. The number of unbranched alkanes of at least 4 members (excludes halogenated alkanes) is 6. The maximum Gasteiger partial charge on any atom is 0.00889 e. The standard InChI is InChI=1S/C12H21I/c1-2-3-4-5-6-7-8-9-10-11-12-13/h2-6,9-12H2,1H3. The second-order valence-corrected chi connectivity index (χ2v) is 4.39. The third-order valence-electron chi connectivity index (χ3n) is 1.97. The highest BCUT2D eigenvalue weighted by Gasteiger charge is 1.84. The molecule has 0 N–H and O–H groups in total. The van der Waals surface area contributed by atoms with Gasteiger partial charge in [0.2, 0.25) is 0 Å². The third kappa shape index (κ3) is 12.3. The number of alkyl halides is 1. The topological polar surface area (TPSA) is 0 Å². The first-order valence-electron chi connectivity index (χ1n) is 5.43. The predicted molar refractivity (Wildman–Crippen MR) is 69.3 cm³/mol. The van der Waals surface area contributed by atoms with Gasteiger partial charge in [-0.25, -0.2) is 0 Å². The van der Waals surface area contributed by atoms with E-state index in [0.29, 0.717) is 0 Å². The molecule has 0 heterocycles. The summed E-state index contributed by atoms with van der Waals surface area (Å²) in [7, 11) is 0. The Morgan fingerprint density at radius 2 is 1.46 bits per heavy atom. The molecule has 0 unspecified atom stereocenters. The van der Waals surface area contributed by atoms with E-state index in [1.165, 1.54) is 43.0 Å². The molecule has 0 saturated carbocycles. The summed E-state index contributed by atoms with van der Waals surface area (Å²) in [5.41, 5.74) is 0. The molecule has 0 rings (SSSR count). The van der Waals surface area contributed by atoms with E-state index < -0.39 is 0 Å². The quantitative estimate of drug-likeness (QED) is 0.279. The Labute approximate surface area is 97.0 Å². The van der Waals surface area contributed by atoms with Crippen molar-refractivity contribution in [2.45, 2.75) is 58.3 Å². The largest absolute Gasteiger partial charge is 0.103 e. The number of rotatable bonds is 7. The van der Waals surface area contributed by atoms with E-state index in [1.807, 2.05) is 0 Å². The monoisotopic (exact) mass is 292 g/mol. The van der Waals surface area contributed by atoms with Crippen molar-refractivity contribution < 1.29 is 0 Å². The first kappa shape index (κ1) is 13.3. The van der Waals surface area contributed by atoms with Gasteiger partial charge in [-0.1, -0.05) is 48.8 Å². The molecular formula is C12H21I. The molecule has 0 aliphatic heterocycles. The van der Waals surface area contributed by atoms with Gasteiger partial charge in [0.15, 0.2) is 0 Å². The zero-order chi connectivity index (χ0) is 9.78. The average Bonchev–Trinajstić information content (AvgIpc) is 2.16. The molecule has 0 nitrogen and oxygen atoms in total. The lowest BCUT2D eigenvalue weighted by Crippen LogP contribution is -1.76. The molecule has 13 heavy (non-hydrogen) atoms. The zero-order valence-corrected chi connectivity index (χ0v) is 10.9. The van der Waals surface area contributed by atoms with Crippen molar-refractivity contribution in [3.05, 3.63) is 0 Å². The second-order valence-electron chi connectivity index (χ2n) is 3.31. The van der Waals surface area contributed by atoms with Gasteiger partial charge < -0.3 is 0 Å². The molecule has 0 fully saturated rings. The van der Waals surface area contributed by atoms with Crippen LogP contribution in [0.25, 0.3) is 0 Å². The molecule has 0 radical (unpaired) electrons. The first-order valence-corrected chi connectivity index (χ1v) is 6.96. The fourth-order valence-corrected chi connectivity index (χ4v) is 1.66. The highest BCUT2D eigenvalue weighted by molar-refractivity contribution is 14.1. The van der Waals surface area contributed by atoms with Gasteiger partial charge in [0.05, 0.1) is 0 Å². The van der Waals surface area contributed by atoms with Crippen LogP contribution in [-0.4, -0.2) is 4.43 Å². The van der Waals surface area contributed by atoms with E-state index in [2.05, 4.69) is 41.4 Å². The van der Waals surface area contributed by atoms with Gasteiger partial charge in [0, 0.05) is 12.8 Å². The van der Waals surface area contributed by atoms with Crippen molar-refractivity contribution in [1.82, 2.24) is 0 Å². The van der Waals surface area contributed by atoms with Crippen LogP contribution in [0.2, 0.25) is 0 Å². The highest BCUT2D eigenvalue weighted by Crippen LogP contribution is 2.01. The second kappa shape index (κ2) is 12.3. The summed E-state index contributed by atoms with van der Waals surface area (Å²) >= 11 is 2.42. The Morgan fingerprint density at radius 1 is 0.846 bits per heavy atom. The summed E-state index contributed by atoms with van der Waals surface area (Å²) in [5, 5.41) is 0. The fraction of sp³-hybridized carbons (Fsp3) is 0.833. The Balaban J connectivity index is 3.02. The summed E-state index contributed by atoms with van der Waals surface area (Å²) in [6.07, 6.45) is 10.2. The Kier molecular flexibility index (Phi) is 12.6. The van der Waals surface area contributed by atoms with Gasteiger partial charge in [0.1, 0.15) is 0 Å². The van der Waals surface area contributed by atoms with Crippen LogP contribution < -0.4 is 0 Å². The molecule has 0 amide bonds. The van der Waals surface area contributed by atoms with Crippen molar-refractivity contribution in [3.63, 3.8) is 0 Å². The fourth-order valence-electron chi connectivity index (χ4n) is 1.12. The Hall–Kier alpha value is 0.290. The number of hydrogen-bond acceptors (Lipinski definition) is 0. The van der Waals surface area contributed by atoms with Gasteiger partial charge in [-0.05, 0) is 23.7 Å². The van der Waals surface area contributed by atoms with Crippen LogP contribution in [0, 0.1) is 11.8 Å². The first-order chi connectivity index (χ1) is 6.41. The van der Waals surface area contributed by atoms with Gasteiger partial charge in [-0.3, -0.25) is 0 Å². The van der Waals surface area contributed by atoms with Crippen LogP contribution in [0.4, 0.5) is 0 Å². The van der Waals surface area contributed by atoms with E-state index in [-0.39, 0.29) is 0 Å². The van der Waals surface area contributed by atoms with E-state index >= 15 is 0 Å². The van der Waals surface area contributed by atoms with Crippen molar-refractivity contribution >= 4 is 22.6 Å². The summed E-state index contributed by atoms with van der Waals surface area (Å²) in [6.45, 7) is 2.25. The smallest absolute Gasteiger partial charge is 0.00889 e. The molecule has 0 aromatic heterocycles. The molecule has 0 bridgehead atoms. The van der Waals surface area contributed by atoms with Gasteiger partial charge in [-0.15, -0.1) is 11.8 Å². The van der Waals surface area contributed by atoms with Crippen molar-refractivity contribution in [2.75, 3.05) is 4.43 Å². The van der Waals surface area contributed by atoms with Gasteiger partial charge >= 0.3 is 0 Å². The van der Waals surface area contributed by atoms with E-state index in [4.69, 9.17) is 0 Å². The van der Waals surface area contributed by atoms with Crippen LogP contribution in [0.1, 0.15) is 58.3 Å². The summed E-state index contributed by atoms with van der Waals surface area (Å²) in [4.78, 5) is 0. The lowest BCUT2D eigenvalue weighted by molar-refractivity contribution is 0.679. The Bertz CT molecular complexity index is 141. The molecule has 0 aliphatic rings. The lowest BCUT2D eigenvalue weighted by atomic mass is 10.1.